The van der Waals surface area contributed by atoms with Crippen molar-refractivity contribution < 1.29 is 19.0 Å². The van der Waals surface area contributed by atoms with E-state index in [0.29, 0.717) is 6.42 Å². The van der Waals surface area contributed by atoms with Crippen LogP contribution >= 0.6 is 0 Å². The molecule has 0 radical (unpaired) electrons. The highest BCUT2D eigenvalue weighted by molar-refractivity contribution is 5.69. The van der Waals surface area contributed by atoms with E-state index in [-0.39, 0.29) is 5.97 Å². The summed E-state index contributed by atoms with van der Waals surface area (Å²) in [4.78, 5) is 13.5. The van der Waals surface area contributed by atoms with Crippen molar-refractivity contribution in [2.24, 2.45) is 0 Å². The van der Waals surface area contributed by atoms with E-state index in [4.69, 9.17) is 9.47 Å². The number of hydrogen-bond donors (Lipinski definition) is 0. The maximum absolute atomic E-state index is 11.2. The van der Waals surface area contributed by atoms with Crippen LogP contribution in [0.4, 0.5) is 0 Å². The van der Waals surface area contributed by atoms with Crippen molar-refractivity contribution >= 4 is 5.97 Å². The van der Waals surface area contributed by atoms with Gasteiger partial charge in [0.05, 0.1) is 27.8 Å². The third-order valence-electron chi connectivity index (χ3n) is 3.66. The number of nitrogens with zero attached hydrogens (tertiary/aromatic N) is 1. The van der Waals surface area contributed by atoms with Crippen LogP contribution in [-0.2, 0) is 22.5 Å². The molecule has 1 aromatic rings. The highest BCUT2D eigenvalue weighted by atomic mass is 16.5. The Morgan fingerprint density at radius 3 is 2.40 bits per heavy atom. The highest BCUT2D eigenvalue weighted by Gasteiger charge is 2.19. The maximum atomic E-state index is 11.2. The van der Waals surface area contributed by atoms with E-state index in [1.165, 1.54) is 18.2 Å². The highest BCUT2D eigenvalue weighted by Crippen LogP contribution is 2.33. The maximum Gasteiger partial charge on any atom is 0.306 e. The molecule has 1 aliphatic heterocycles. The summed E-state index contributed by atoms with van der Waals surface area (Å²) in [5, 5.41) is 0. The number of benzene rings is 1. The fourth-order valence-corrected chi connectivity index (χ4v) is 2.48. The zero-order chi connectivity index (χ0) is 14.5. The molecule has 5 nitrogen and oxygen atoms in total. The van der Waals surface area contributed by atoms with Gasteiger partial charge in [-0.25, -0.2) is 0 Å². The molecule has 0 spiro atoms. The summed E-state index contributed by atoms with van der Waals surface area (Å²) >= 11 is 0. The molecule has 110 valence electrons. The first-order chi connectivity index (χ1) is 9.67. The molecule has 1 aliphatic rings. The molecule has 1 aromatic carbocycles. The lowest BCUT2D eigenvalue weighted by molar-refractivity contribution is -0.141. The topological polar surface area (TPSA) is 48.0 Å². The average Bonchev–Trinajstić information content (AvgIpc) is 2.50. The molecular weight excluding hydrogens is 258 g/mol. The van der Waals surface area contributed by atoms with Gasteiger partial charge in [-0.1, -0.05) is 0 Å². The van der Waals surface area contributed by atoms with E-state index in [9.17, 15) is 4.79 Å². The van der Waals surface area contributed by atoms with E-state index in [1.54, 1.807) is 14.2 Å². The normalized spacial score (nSPS) is 14.6. The molecule has 20 heavy (non-hydrogen) atoms. The van der Waals surface area contributed by atoms with Gasteiger partial charge in [0.2, 0.25) is 0 Å². The van der Waals surface area contributed by atoms with Crippen molar-refractivity contribution in [3.05, 3.63) is 23.3 Å². The van der Waals surface area contributed by atoms with Gasteiger partial charge in [-0.3, -0.25) is 9.69 Å². The molecule has 1 heterocycles. The Balaban J connectivity index is 2.07. The van der Waals surface area contributed by atoms with Crippen LogP contribution in [0.1, 0.15) is 17.5 Å². The van der Waals surface area contributed by atoms with Crippen LogP contribution in [0, 0.1) is 0 Å². The van der Waals surface area contributed by atoms with Crippen molar-refractivity contribution in [2.45, 2.75) is 19.4 Å². The Hall–Kier alpha value is -1.75. The minimum absolute atomic E-state index is 0.164. The summed E-state index contributed by atoms with van der Waals surface area (Å²) in [6.07, 6.45) is 1.38. The lowest BCUT2D eigenvalue weighted by Gasteiger charge is -2.29. The van der Waals surface area contributed by atoms with Crippen molar-refractivity contribution in [2.75, 3.05) is 34.4 Å². The van der Waals surface area contributed by atoms with Crippen LogP contribution in [0.3, 0.4) is 0 Å². The Kier molecular flexibility index (Phi) is 4.84. The van der Waals surface area contributed by atoms with Crippen molar-refractivity contribution in [3.63, 3.8) is 0 Å². The second-order valence-electron chi connectivity index (χ2n) is 4.83. The summed E-state index contributed by atoms with van der Waals surface area (Å²) < 4.78 is 15.3. The van der Waals surface area contributed by atoms with Crippen LogP contribution in [0.15, 0.2) is 12.1 Å². The Morgan fingerprint density at radius 2 is 1.80 bits per heavy atom. The molecule has 0 N–H and O–H groups in total. The zero-order valence-corrected chi connectivity index (χ0v) is 12.3. The number of esters is 1. The van der Waals surface area contributed by atoms with Crippen LogP contribution in [0.2, 0.25) is 0 Å². The zero-order valence-electron chi connectivity index (χ0n) is 12.3. The Bertz CT molecular complexity index is 487. The third-order valence-corrected chi connectivity index (χ3v) is 3.66. The molecule has 5 heteroatoms. The summed E-state index contributed by atoms with van der Waals surface area (Å²) in [6, 6.07) is 4.07. The van der Waals surface area contributed by atoms with Crippen molar-refractivity contribution in [1.82, 2.24) is 4.90 Å². The van der Waals surface area contributed by atoms with E-state index in [0.717, 1.165) is 37.6 Å². The van der Waals surface area contributed by atoms with Gasteiger partial charge in [0.15, 0.2) is 11.5 Å². The molecule has 0 saturated heterocycles. The van der Waals surface area contributed by atoms with Gasteiger partial charge in [-0.05, 0) is 29.7 Å². The minimum atomic E-state index is -0.164. The van der Waals surface area contributed by atoms with Crippen LogP contribution in [0.25, 0.3) is 0 Å². The summed E-state index contributed by atoms with van der Waals surface area (Å²) in [6.45, 7) is 2.49. The summed E-state index contributed by atoms with van der Waals surface area (Å²) in [7, 11) is 4.71. The number of carbonyl (C=O) groups excluding carboxylic acids is 1. The lowest BCUT2D eigenvalue weighted by atomic mass is 9.98. The standard InChI is InChI=1S/C15H21NO4/c1-18-13-8-11-4-6-16(7-5-15(17)20-3)10-12(11)9-14(13)19-2/h8-9H,4-7,10H2,1-3H3. The molecular formula is C15H21NO4. The molecule has 0 aromatic heterocycles. The predicted molar refractivity (Wildman–Crippen MR) is 75.2 cm³/mol. The van der Waals surface area contributed by atoms with Gasteiger partial charge in [0, 0.05) is 19.6 Å². The SMILES string of the molecule is COC(=O)CCN1CCc2cc(OC)c(OC)cc2C1. The Morgan fingerprint density at radius 1 is 1.15 bits per heavy atom. The number of methoxy groups -OCH3 is 3. The number of hydrogen-bond acceptors (Lipinski definition) is 5. The summed E-state index contributed by atoms with van der Waals surface area (Å²) in [5.41, 5.74) is 2.52. The molecule has 0 aliphatic carbocycles. The van der Waals surface area contributed by atoms with E-state index < -0.39 is 0 Å². The van der Waals surface area contributed by atoms with Gasteiger partial charge in [-0.2, -0.15) is 0 Å². The molecule has 0 amide bonds. The average molecular weight is 279 g/mol. The quantitative estimate of drug-likeness (QED) is 0.767. The lowest BCUT2D eigenvalue weighted by Crippen LogP contribution is -2.32. The van der Waals surface area contributed by atoms with Crippen molar-refractivity contribution in [1.29, 1.82) is 0 Å². The van der Waals surface area contributed by atoms with Crippen LogP contribution in [-0.4, -0.2) is 45.3 Å². The summed E-state index contributed by atoms with van der Waals surface area (Å²) in [5.74, 6) is 1.36. The first-order valence-corrected chi connectivity index (χ1v) is 6.71. The first-order valence-electron chi connectivity index (χ1n) is 6.71. The smallest absolute Gasteiger partial charge is 0.306 e. The van der Waals surface area contributed by atoms with Gasteiger partial charge in [0.1, 0.15) is 0 Å². The van der Waals surface area contributed by atoms with E-state index >= 15 is 0 Å². The molecule has 0 fully saturated rings. The molecule has 0 unspecified atom stereocenters. The van der Waals surface area contributed by atoms with Crippen LogP contribution < -0.4 is 9.47 Å². The number of rotatable bonds is 5. The second kappa shape index (κ2) is 6.61. The molecule has 0 atom stereocenters. The predicted octanol–water partition coefficient (Wildman–Crippen LogP) is 1.62. The fourth-order valence-electron chi connectivity index (χ4n) is 2.48. The second-order valence-corrected chi connectivity index (χ2v) is 4.83. The minimum Gasteiger partial charge on any atom is -0.493 e. The van der Waals surface area contributed by atoms with Crippen molar-refractivity contribution in [3.8, 4) is 11.5 Å². The molecule has 0 saturated carbocycles. The van der Waals surface area contributed by atoms with Crippen LogP contribution in [0.5, 0.6) is 11.5 Å². The first kappa shape index (κ1) is 14.7. The van der Waals surface area contributed by atoms with Gasteiger partial charge >= 0.3 is 5.97 Å². The third kappa shape index (κ3) is 3.22. The number of ether oxygens (including phenoxy) is 3. The fraction of sp³-hybridized carbons (Fsp3) is 0.533. The monoisotopic (exact) mass is 279 g/mol. The number of fused-ring (bicyclic) bond motifs is 1. The van der Waals surface area contributed by atoms with Gasteiger partial charge in [-0.15, -0.1) is 0 Å². The van der Waals surface area contributed by atoms with Gasteiger partial charge in [0.25, 0.3) is 0 Å². The van der Waals surface area contributed by atoms with Gasteiger partial charge < -0.3 is 14.2 Å². The molecule has 0 bridgehead atoms. The van der Waals surface area contributed by atoms with E-state index in [1.807, 2.05) is 12.1 Å². The number of carbonyl (C=O) groups is 1. The van der Waals surface area contributed by atoms with E-state index in [2.05, 4.69) is 9.64 Å². The Labute approximate surface area is 119 Å². The largest absolute Gasteiger partial charge is 0.493 e. The molecule has 2 rings (SSSR count).